The van der Waals surface area contributed by atoms with Gasteiger partial charge in [-0.05, 0) is 68.8 Å². The number of ether oxygens (including phenoxy) is 1. The number of nitrogens with zero attached hydrogens (tertiary/aromatic N) is 4. The zero-order valence-corrected chi connectivity index (χ0v) is 21.8. The molecule has 4 N–H and O–H groups in total. The Bertz CT molecular complexity index is 1720. The Morgan fingerprint density at radius 3 is 2.63 bits per heavy atom. The van der Waals surface area contributed by atoms with E-state index in [0.29, 0.717) is 34.0 Å². The summed E-state index contributed by atoms with van der Waals surface area (Å²) < 4.78 is 35.5. The molecular weight excluding hydrogens is 534 g/mol. The van der Waals surface area contributed by atoms with Crippen LogP contribution in [0.15, 0.2) is 76.9 Å². The Balaban J connectivity index is 1.19. The fourth-order valence-corrected chi connectivity index (χ4v) is 4.84. The highest BCUT2D eigenvalue weighted by Crippen LogP contribution is 2.34. The summed E-state index contributed by atoms with van der Waals surface area (Å²) in [4.78, 5) is 30.1. The van der Waals surface area contributed by atoms with Gasteiger partial charge in [0, 0.05) is 36.6 Å². The summed E-state index contributed by atoms with van der Waals surface area (Å²) in [6, 6.07) is 8.31. The first-order valence-electron chi connectivity index (χ1n) is 13.2. The number of benzene rings is 1. The number of pyridine rings is 1. The lowest BCUT2D eigenvalue weighted by molar-refractivity contribution is 0.0962. The van der Waals surface area contributed by atoms with Gasteiger partial charge < -0.3 is 20.7 Å². The summed E-state index contributed by atoms with van der Waals surface area (Å²) in [5, 5.41) is 21.2. The third-order valence-corrected chi connectivity index (χ3v) is 6.96. The van der Waals surface area contributed by atoms with Crippen molar-refractivity contribution < 1.29 is 18.3 Å². The van der Waals surface area contributed by atoms with Crippen LogP contribution in [0.3, 0.4) is 0 Å². The van der Waals surface area contributed by atoms with E-state index < -0.39 is 23.1 Å². The molecule has 0 unspecified atom stereocenters. The van der Waals surface area contributed by atoms with Crippen LogP contribution in [0.4, 0.5) is 14.6 Å². The number of allylic oxidation sites excluding steroid dienone is 4. The first-order valence-corrected chi connectivity index (χ1v) is 13.2. The van der Waals surface area contributed by atoms with E-state index >= 15 is 4.39 Å². The number of hydrogen-bond donors (Lipinski definition) is 4. The normalized spacial score (nSPS) is 16.0. The number of nitrogens with one attached hydrogen (secondary N) is 4. The third-order valence-electron chi connectivity index (χ3n) is 6.96. The maximum atomic E-state index is 15.2. The van der Waals surface area contributed by atoms with E-state index in [4.69, 9.17) is 4.74 Å². The Kier molecular flexibility index (Phi) is 7.25. The van der Waals surface area contributed by atoms with Crippen molar-refractivity contribution in [2.24, 2.45) is 0 Å². The minimum atomic E-state index is -0.709. The van der Waals surface area contributed by atoms with Crippen LogP contribution in [0.1, 0.15) is 36.0 Å². The van der Waals surface area contributed by atoms with Gasteiger partial charge in [0.05, 0.1) is 5.69 Å². The molecule has 0 saturated carbocycles. The average Bonchev–Trinajstić information content (AvgIpc) is 3.39. The lowest BCUT2D eigenvalue weighted by Gasteiger charge is -2.24. The molecule has 4 aromatic rings. The lowest BCUT2D eigenvalue weighted by Crippen LogP contribution is -2.35. The summed E-state index contributed by atoms with van der Waals surface area (Å²) in [5.41, 5.74) is 0.229. The van der Waals surface area contributed by atoms with Crippen molar-refractivity contribution in [3.63, 3.8) is 0 Å². The van der Waals surface area contributed by atoms with E-state index in [1.165, 1.54) is 42.6 Å². The molecule has 1 aliphatic heterocycles. The van der Waals surface area contributed by atoms with Crippen LogP contribution in [0.2, 0.25) is 0 Å². The molecule has 0 spiro atoms. The monoisotopic (exact) mass is 560 g/mol. The molecule has 1 saturated heterocycles. The topological polar surface area (TPSA) is 139 Å². The number of carbonyl (C=O) groups is 1. The number of rotatable bonds is 7. The number of fused-ring (bicyclic) bond motifs is 1. The largest absolute Gasteiger partial charge is 0.458 e. The van der Waals surface area contributed by atoms with Gasteiger partial charge in [0.2, 0.25) is 0 Å². The van der Waals surface area contributed by atoms with Crippen LogP contribution in [0, 0.1) is 5.82 Å². The molecule has 210 valence electrons. The average molecular weight is 561 g/mol. The molecule has 1 fully saturated rings. The van der Waals surface area contributed by atoms with Crippen molar-refractivity contribution in [3.05, 3.63) is 93.9 Å². The molecule has 2 aliphatic rings. The Morgan fingerprint density at radius 1 is 1.05 bits per heavy atom. The molecule has 1 aromatic carbocycles. The molecule has 11 nitrogen and oxygen atoms in total. The Hall–Kier alpha value is -4.91. The Labute approximate surface area is 232 Å². The number of anilines is 1. The van der Waals surface area contributed by atoms with Crippen LogP contribution >= 0.6 is 0 Å². The summed E-state index contributed by atoms with van der Waals surface area (Å²) >= 11 is 0. The first kappa shape index (κ1) is 26.3. The molecule has 6 rings (SSSR count). The van der Waals surface area contributed by atoms with Gasteiger partial charge in [-0.15, -0.1) is 0 Å². The number of hydrogen-bond acceptors (Lipinski definition) is 8. The van der Waals surface area contributed by atoms with Crippen LogP contribution in [0.5, 0.6) is 5.75 Å². The maximum Gasteiger partial charge on any atom is 0.284 e. The molecule has 13 heteroatoms. The zero-order valence-electron chi connectivity index (χ0n) is 21.8. The van der Waals surface area contributed by atoms with Gasteiger partial charge in [-0.2, -0.15) is 14.9 Å². The van der Waals surface area contributed by atoms with Gasteiger partial charge in [0.15, 0.2) is 17.3 Å². The number of H-pyrrole nitrogens is 1. The second kappa shape index (κ2) is 11.3. The number of carbonyl (C=O) groups excluding carboxylic acids is 1. The second-order valence-corrected chi connectivity index (χ2v) is 9.71. The highest BCUT2D eigenvalue weighted by molar-refractivity contribution is 5.95. The van der Waals surface area contributed by atoms with E-state index in [2.05, 4.69) is 36.2 Å². The molecule has 0 radical (unpaired) electrons. The highest BCUT2D eigenvalue weighted by atomic mass is 19.1. The van der Waals surface area contributed by atoms with Crippen molar-refractivity contribution in [1.82, 2.24) is 35.6 Å². The number of amides is 1. The van der Waals surface area contributed by atoms with Crippen LogP contribution < -0.4 is 26.2 Å². The SMILES string of the molecule is O=C(NC1=CC(F)=C(Oc2ccnc3[nH]nc(NC4CCNCC4)c23)CC1)c1ccnn(-c2ccc(F)cc2)c1=O. The fourth-order valence-electron chi connectivity index (χ4n) is 4.84. The van der Waals surface area contributed by atoms with Crippen molar-refractivity contribution in [2.45, 2.75) is 31.7 Å². The number of halogens is 2. The minimum absolute atomic E-state index is 0.104. The molecule has 1 amide bonds. The van der Waals surface area contributed by atoms with Crippen LogP contribution in [-0.4, -0.2) is 50.0 Å². The van der Waals surface area contributed by atoms with Crippen molar-refractivity contribution in [2.75, 3.05) is 18.4 Å². The second-order valence-electron chi connectivity index (χ2n) is 9.71. The predicted octanol–water partition coefficient (Wildman–Crippen LogP) is 3.47. The third kappa shape index (κ3) is 5.57. The zero-order chi connectivity index (χ0) is 28.3. The first-order chi connectivity index (χ1) is 20.0. The van der Waals surface area contributed by atoms with E-state index in [1.54, 1.807) is 12.3 Å². The molecule has 0 bridgehead atoms. The predicted molar refractivity (Wildman–Crippen MR) is 147 cm³/mol. The number of piperidine rings is 1. The van der Waals surface area contributed by atoms with Gasteiger partial charge in [-0.1, -0.05) is 0 Å². The molecule has 1 aliphatic carbocycles. The molecule has 0 atom stereocenters. The van der Waals surface area contributed by atoms with Crippen LogP contribution in [0.25, 0.3) is 16.7 Å². The fraction of sp³-hybridized carbons (Fsp3) is 0.250. The Morgan fingerprint density at radius 2 is 1.85 bits per heavy atom. The maximum absolute atomic E-state index is 15.2. The summed E-state index contributed by atoms with van der Waals surface area (Å²) in [6.07, 6.45) is 6.37. The standard InChI is InChI=1S/C28H26F2N8O3/c29-16-1-4-19(5-2-16)38-28(40)20(9-14-33-38)27(39)35-18-3-6-22(21(30)15-18)41-23-10-13-32-25-24(23)26(37-36-25)34-17-7-11-31-12-8-17/h1-2,4-5,9-10,13-15,17,31H,3,6-8,11-12H2,(H,35,39)(H2,32,34,36,37). The minimum Gasteiger partial charge on any atom is -0.458 e. The molecule has 3 aromatic heterocycles. The summed E-state index contributed by atoms with van der Waals surface area (Å²) in [7, 11) is 0. The van der Waals surface area contributed by atoms with E-state index in [1.807, 2.05) is 0 Å². The van der Waals surface area contributed by atoms with Gasteiger partial charge >= 0.3 is 0 Å². The van der Waals surface area contributed by atoms with Gasteiger partial charge in [0.1, 0.15) is 28.3 Å². The molecular formula is C28H26F2N8O3. The van der Waals surface area contributed by atoms with Crippen molar-refractivity contribution >= 4 is 22.8 Å². The van der Waals surface area contributed by atoms with Crippen molar-refractivity contribution in [1.29, 1.82) is 0 Å². The number of aromatic nitrogens is 5. The van der Waals surface area contributed by atoms with Gasteiger partial charge in [-0.3, -0.25) is 14.7 Å². The van der Waals surface area contributed by atoms with Crippen LogP contribution in [-0.2, 0) is 0 Å². The van der Waals surface area contributed by atoms with Gasteiger partial charge in [0.25, 0.3) is 11.5 Å². The van der Waals surface area contributed by atoms with Gasteiger partial charge in [-0.25, -0.2) is 13.8 Å². The molecule has 4 heterocycles. The van der Waals surface area contributed by atoms with Crippen molar-refractivity contribution in [3.8, 4) is 11.4 Å². The van der Waals surface area contributed by atoms with E-state index in [0.717, 1.165) is 30.6 Å². The highest BCUT2D eigenvalue weighted by Gasteiger charge is 2.23. The lowest BCUT2D eigenvalue weighted by atomic mass is 10.1. The summed E-state index contributed by atoms with van der Waals surface area (Å²) in [5.74, 6) is -0.716. The summed E-state index contributed by atoms with van der Waals surface area (Å²) in [6.45, 7) is 1.83. The quantitative estimate of drug-likeness (QED) is 0.270. The smallest absolute Gasteiger partial charge is 0.284 e. The number of aromatic amines is 1. The van der Waals surface area contributed by atoms with E-state index in [9.17, 15) is 14.0 Å². The van der Waals surface area contributed by atoms with E-state index in [-0.39, 0.29) is 30.2 Å². The molecule has 41 heavy (non-hydrogen) atoms.